The van der Waals surface area contributed by atoms with Crippen LogP contribution in [0.25, 0.3) is 11.3 Å². The molecule has 0 spiro atoms. The Labute approximate surface area is 130 Å². The highest BCUT2D eigenvalue weighted by molar-refractivity contribution is 7.09. The molecule has 1 aromatic carbocycles. The van der Waals surface area contributed by atoms with Gasteiger partial charge in [-0.15, -0.1) is 11.3 Å². The average Bonchev–Trinajstić information content (AvgIpc) is 3.01. The van der Waals surface area contributed by atoms with Crippen LogP contribution in [0.5, 0.6) is 0 Å². The van der Waals surface area contributed by atoms with Gasteiger partial charge in [-0.2, -0.15) is 0 Å². The first-order valence-corrected chi connectivity index (χ1v) is 8.02. The fourth-order valence-corrected chi connectivity index (χ4v) is 3.16. The SMILES string of the molecule is CCC(C)(OC)C(Cc1nc(-c2ccccc2)cs1)NN. The van der Waals surface area contributed by atoms with E-state index >= 15 is 0 Å². The molecule has 0 radical (unpaired) electrons. The summed E-state index contributed by atoms with van der Waals surface area (Å²) in [4.78, 5) is 4.72. The Kier molecular flexibility index (Phi) is 5.47. The Balaban J connectivity index is 2.15. The van der Waals surface area contributed by atoms with E-state index in [2.05, 4.69) is 36.8 Å². The number of nitrogens with two attached hydrogens (primary N) is 1. The largest absolute Gasteiger partial charge is 0.377 e. The second-order valence-electron chi connectivity index (χ2n) is 5.29. The first-order chi connectivity index (χ1) is 10.1. The van der Waals surface area contributed by atoms with Crippen LogP contribution in [0.1, 0.15) is 25.3 Å². The number of nitrogens with one attached hydrogen (secondary N) is 1. The first-order valence-electron chi connectivity index (χ1n) is 7.14. The van der Waals surface area contributed by atoms with Gasteiger partial charge in [0.1, 0.15) is 0 Å². The molecule has 0 bridgehead atoms. The fraction of sp³-hybridized carbons (Fsp3) is 0.438. The zero-order chi connectivity index (χ0) is 15.3. The average molecular weight is 305 g/mol. The van der Waals surface area contributed by atoms with Crippen molar-refractivity contribution in [2.24, 2.45) is 5.84 Å². The number of hydrogen-bond donors (Lipinski definition) is 2. The van der Waals surface area contributed by atoms with Crippen molar-refractivity contribution < 1.29 is 4.74 Å². The van der Waals surface area contributed by atoms with E-state index in [1.54, 1.807) is 18.4 Å². The number of methoxy groups -OCH3 is 1. The van der Waals surface area contributed by atoms with E-state index in [0.29, 0.717) is 0 Å². The zero-order valence-electron chi connectivity index (χ0n) is 12.8. The molecular formula is C16H23N3OS. The van der Waals surface area contributed by atoms with Crippen molar-refractivity contribution in [2.75, 3.05) is 7.11 Å². The quantitative estimate of drug-likeness (QED) is 0.610. The normalized spacial score (nSPS) is 15.6. The number of hydrogen-bond acceptors (Lipinski definition) is 5. The maximum Gasteiger partial charge on any atom is 0.0949 e. The van der Waals surface area contributed by atoms with Crippen LogP contribution in [-0.2, 0) is 11.2 Å². The van der Waals surface area contributed by atoms with E-state index in [-0.39, 0.29) is 11.6 Å². The van der Waals surface area contributed by atoms with Crippen molar-refractivity contribution in [3.8, 4) is 11.3 Å². The van der Waals surface area contributed by atoms with Gasteiger partial charge in [0.15, 0.2) is 0 Å². The Morgan fingerprint density at radius 2 is 2.10 bits per heavy atom. The highest BCUT2D eigenvalue weighted by atomic mass is 32.1. The summed E-state index contributed by atoms with van der Waals surface area (Å²) in [5.74, 6) is 5.72. The molecule has 1 aromatic heterocycles. The minimum absolute atomic E-state index is 0.0299. The molecule has 4 nitrogen and oxygen atoms in total. The van der Waals surface area contributed by atoms with Crippen molar-refractivity contribution in [1.82, 2.24) is 10.4 Å². The molecule has 114 valence electrons. The van der Waals surface area contributed by atoms with E-state index in [1.165, 1.54) is 0 Å². The molecule has 2 atom stereocenters. The molecule has 3 N–H and O–H groups in total. The number of hydrazine groups is 1. The summed E-state index contributed by atoms with van der Waals surface area (Å²) in [5, 5.41) is 3.16. The highest BCUT2D eigenvalue weighted by Crippen LogP contribution is 2.26. The number of thiazole rings is 1. The molecule has 0 aliphatic heterocycles. The number of benzene rings is 1. The lowest BCUT2D eigenvalue weighted by Gasteiger charge is -2.34. The predicted octanol–water partition coefficient (Wildman–Crippen LogP) is 3.00. The van der Waals surface area contributed by atoms with Crippen LogP contribution in [0, 0.1) is 0 Å². The van der Waals surface area contributed by atoms with Crippen molar-refractivity contribution >= 4 is 11.3 Å². The van der Waals surface area contributed by atoms with Gasteiger partial charge in [-0.1, -0.05) is 37.3 Å². The molecule has 1 heterocycles. The molecule has 0 saturated heterocycles. The van der Waals surface area contributed by atoms with E-state index in [1.807, 2.05) is 18.2 Å². The lowest BCUT2D eigenvalue weighted by atomic mass is 9.91. The monoisotopic (exact) mass is 305 g/mol. The minimum Gasteiger partial charge on any atom is -0.377 e. The van der Waals surface area contributed by atoms with Gasteiger partial charge in [-0.3, -0.25) is 11.3 Å². The number of aromatic nitrogens is 1. The van der Waals surface area contributed by atoms with Gasteiger partial charge < -0.3 is 4.74 Å². The van der Waals surface area contributed by atoms with Gasteiger partial charge in [0.05, 0.1) is 22.3 Å². The summed E-state index contributed by atoms with van der Waals surface area (Å²) >= 11 is 1.66. The third-order valence-corrected chi connectivity index (χ3v) is 4.98. The third-order valence-electron chi connectivity index (χ3n) is 4.11. The van der Waals surface area contributed by atoms with Gasteiger partial charge >= 0.3 is 0 Å². The van der Waals surface area contributed by atoms with Crippen LogP contribution in [0.3, 0.4) is 0 Å². The van der Waals surface area contributed by atoms with Gasteiger partial charge in [0.2, 0.25) is 0 Å². The fourth-order valence-electron chi connectivity index (χ4n) is 2.30. The second-order valence-corrected chi connectivity index (χ2v) is 6.23. The van der Waals surface area contributed by atoms with Gasteiger partial charge in [0, 0.05) is 24.5 Å². The summed E-state index contributed by atoms with van der Waals surface area (Å²) < 4.78 is 5.64. The zero-order valence-corrected chi connectivity index (χ0v) is 13.6. The maximum absolute atomic E-state index is 5.72. The third kappa shape index (κ3) is 3.68. The summed E-state index contributed by atoms with van der Waals surface area (Å²) in [6.45, 7) is 4.17. The van der Waals surface area contributed by atoms with E-state index in [9.17, 15) is 0 Å². The summed E-state index contributed by atoms with van der Waals surface area (Å²) in [6, 6.07) is 10.2. The molecule has 2 rings (SSSR count). The molecule has 0 amide bonds. The Hall–Kier alpha value is -1.27. The summed E-state index contributed by atoms with van der Waals surface area (Å²) in [5.41, 5.74) is 4.74. The molecular weight excluding hydrogens is 282 g/mol. The molecule has 21 heavy (non-hydrogen) atoms. The second kappa shape index (κ2) is 7.13. The van der Waals surface area contributed by atoms with Crippen molar-refractivity contribution in [3.63, 3.8) is 0 Å². The van der Waals surface area contributed by atoms with Crippen LogP contribution in [0.2, 0.25) is 0 Å². The standard InChI is InChI=1S/C16H23N3OS/c1-4-16(2,20-3)14(19-17)10-15-18-13(11-21-15)12-8-6-5-7-9-12/h5-9,11,14,19H,4,10,17H2,1-3H3. The molecule has 0 saturated carbocycles. The summed E-state index contributed by atoms with van der Waals surface area (Å²) in [6.07, 6.45) is 1.64. The number of rotatable bonds is 7. The van der Waals surface area contributed by atoms with Crippen LogP contribution < -0.4 is 11.3 Å². The van der Waals surface area contributed by atoms with Crippen molar-refractivity contribution in [3.05, 3.63) is 40.7 Å². The van der Waals surface area contributed by atoms with Gasteiger partial charge in [-0.25, -0.2) is 4.98 Å². The molecule has 5 heteroatoms. The van der Waals surface area contributed by atoms with E-state index < -0.39 is 0 Å². The van der Waals surface area contributed by atoms with Crippen LogP contribution in [-0.4, -0.2) is 23.7 Å². The van der Waals surface area contributed by atoms with Crippen LogP contribution >= 0.6 is 11.3 Å². The molecule has 0 fully saturated rings. The summed E-state index contributed by atoms with van der Waals surface area (Å²) in [7, 11) is 1.73. The van der Waals surface area contributed by atoms with Crippen LogP contribution in [0.15, 0.2) is 35.7 Å². The minimum atomic E-state index is -0.298. The number of ether oxygens (including phenoxy) is 1. The molecule has 0 aliphatic rings. The lowest BCUT2D eigenvalue weighted by Crippen LogP contribution is -2.53. The van der Waals surface area contributed by atoms with Crippen molar-refractivity contribution in [1.29, 1.82) is 0 Å². The number of nitrogens with zero attached hydrogens (tertiary/aromatic N) is 1. The van der Waals surface area contributed by atoms with Crippen molar-refractivity contribution in [2.45, 2.75) is 38.3 Å². The Morgan fingerprint density at radius 3 is 2.67 bits per heavy atom. The first kappa shape index (κ1) is 16.1. The lowest BCUT2D eigenvalue weighted by molar-refractivity contribution is -0.0288. The molecule has 2 unspecified atom stereocenters. The highest BCUT2D eigenvalue weighted by Gasteiger charge is 2.32. The smallest absolute Gasteiger partial charge is 0.0949 e. The molecule has 2 aromatic rings. The Bertz CT molecular complexity index is 552. The predicted molar refractivity (Wildman–Crippen MR) is 88.1 cm³/mol. The topological polar surface area (TPSA) is 60.2 Å². The van der Waals surface area contributed by atoms with Gasteiger partial charge in [0.25, 0.3) is 0 Å². The van der Waals surface area contributed by atoms with E-state index in [0.717, 1.165) is 29.1 Å². The Morgan fingerprint density at radius 1 is 1.38 bits per heavy atom. The molecule has 0 aliphatic carbocycles. The maximum atomic E-state index is 5.72. The van der Waals surface area contributed by atoms with E-state index in [4.69, 9.17) is 15.6 Å². The van der Waals surface area contributed by atoms with Gasteiger partial charge in [-0.05, 0) is 13.3 Å². The van der Waals surface area contributed by atoms with Crippen LogP contribution in [0.4, 0.5) is 0 Å².